The number of allylic oxidation sites excluding steroid dienone is 1. The van der Waals surface area contributed by atoms with Crippen LogP contribution < -0.4 is 15.4 Å². The molecule has 0 spiro atoms. The van der Waals surface area contributed by atoms with Crippen LogP contribution in [0.2, 0.25) is 0 Å². The first-order chi connectivity index (χ1) is 12.1. The molecule has 0 saturated carbocycles. The van der Waals surface area contributed by atoms with E-state index in [1.54, 1.807) is 6.92 Å². The molecule has 0 bridgehead atoms. The summed E-state index contributed by atoms with van der Waals surface area (Å²) in [6.45, 7) is 6.66. The van der Waals surface area contributed by atoms with Crippen LogP contribution in [0.3, 0.4) is 0 Å². The van der Waals surface area contributed by atoms with Gasteiger partial charge in [-0.3, -0.25) is 0 Å². The van der Waals surface area contributed by atoms with E-state index in [0.29, 0.717) is 30.2 Å². The first-order valence-corrected chi connectivity index (χ1v) is 8.75. The topological polar surface area (TPSA) is 76.7 Å². The number of urea groups is 1. The maximum absolute atomic E-state index is 12.5. The summed E-state index contributed by atoms with van der Waals surface area (Å²) in [5, 5.41) is 5.46. The van der Waals surface area contributed by atoms with Gasteiger partial charge in [0.2, 0.25) is 0 Å². The highest BCUT2D eigenvalue weighted by Crippen LogP contribution is 2.33. The lowest BCUT2D eigenvalue weighted by Crippen LogP contribution is -2.45. The molecular formula is C19H26N2O4. The fourth-order valence-electron chi connectivity index (χ4n) is 2.65. The second-order valence-corrected chi connectivity index (χ2v) is 5.95. The predicted molar refractivity (Wildman–Crippen MR) is 95.2 cm³/mol. The van der Waals surface area contributed by atoms with Crippen molar-refractivity contribution in [1.29, 1.82) is 0 Å². The van der Waals surface area contributed by atoms with Crippen molar-refractivity contribution in [2.24, 2.45) is 0 Å². The summed E-state index contributed by atoms with van der Waals surface area (Å²) in [6.07, 6.45) is 2.70. The van der Waals surface area contributed by atoms with Gasteiger partial charge in [-0.25, -0.2) is 9.59 Å². The van der Waals surface area contributed by atoms with Gasteiger partial charge in [0.15, 0.2) is 0 Å². The molecule has 136 valence electrons. The number of benzene rings is 1. The van der Waals surface area contributed by atoms with Crippen LogP contribution in [0.5, 0.6) is 5.75 Å². The molecule has 1 aliphatic rings. The largest absolute Gasteiger partial charge is 0.493 e. The number of unbranched alkanes of at least 4 members (excludes halogenated alkanes) is 1. The smallest absolute Gasteiger partial charge is 0.338 e. The van der Waals surface area contributed by atoms with Gasteiger partial charge in [-0.1, -0.05) is 38.5 Å². The number of esters is 1. The van der Waals surface area contributed by atoms with Gasteiger partial charge >= 0.3 is 12.0 Å². The highest BCUT2D eigenvalue weighted by atomic mass is 16.5. The van der Waals surface area contributed by atoms with Crippen LogP contribution in [0, 0.1) is 0 Å². The Morgan fingerprint density at radius 2 is 1.92 bits per heavy atom. The first-order valence-electron chi connectivity index (χ1n) is 8.75. The van der Waals surface area contributed by atoms with Crippen molar-refractivity contribution < 1.29 is 19.1 Å². The monoisotopic (exact) mass is 346 g/mol. The van der Waals surface area contributed by atoms with E-state index in [1.807, 2.05) is 31.2 Å². The Hall–Kier alpha value is -2.50. The fraction of sp³-hybridized carbons (Fsp3) is 0.474. The van der Waals surface area contributed by atoms with Crippen LogP contribution in [0.15, 0.2) is 35.5 Å². The number of carbonyl (C=O) groups excluding carboxylic acids is 2. The van der Waals surface area contributed by atoms with E-state index in [-0.39, 0.29) is 6.03 Å². The molecule has 1 aromatic carbocycles. The second kappa shape index (κ2) is 9.11. The molecule has 0 radical (unpaired) electrons. The van der Waals surface area contributed by atoms with Crippen molar-refractivity contribution in [2.75, 3.05) is 13.2 Å². The molecule has 1 aromatic rings. The summed E-state index contributed by atoms with van der Waals surface area (Å²) < 4.78 is 11.2. The zero-order valence-electron chi connectivity index (χ0n) is 15.1. The van der Waals surface area contributed by atoms with E-state index in [9.17, 15) is 9.59 Å². The zero-order chi connectivity index (χ0) is 18.2. The Bertz CT molecular complexity index is 655. The predicted octanol–water partition coefficient (Wildman–Crippen LogP) is 3.45. The number of hydrogen-bond acceptors (Lipinski definition) is 4. The number of rotatable bonds is 8. The van der Waals surface area contributed by atoms with E-state index in [1.165, 1.54) is 0 Å². The molecule has 2 rings (SSSR count). The van der Waals surface area contributed by atoms with Crippen molar-refractivity contribution in [3.63, 3.8) is 0 Å². The van der Waals surface area contributed by atoms with Gasteiger partial charge in [0.05, 0.1) is 24.8 Å². The molecule has 2 amide bonds. The number of carbonyl (C=O) groups is 2. The van der Waals surface area contributed by atoms with Crippen LogP contribution in [0.25, 0.3) is 0 Å². The minimum absolute atomic E-state index is 0.338. The SMILES string of the molecule is CCCCOc1ccccc1C1NC(=O)NC(C)=C1C(=O)OCCC. The molecule has 25 heavy (non-hydrogen) atoms. The standard InChI is InChI=1S/C19H26N2O4/c1-4-6-12-24-15-10-8-7-9-14(15)17-16(18(22)25-11-5-2)13(3)20-19(23)21-17/h7-10,17H,4-6,11-12H2,1-3H3,(H2,20,21,23). The summed E-state index contributed by atoms with van der Waals surface area (Å²) in [7, 11) is 0. The number of ether oxygens (including phenoxy) is 2. The van der Waals surface area contributed by atoms with Gasteiger partial charge in [-0.2, -0.15) is 0 Å². The fourth-order valence-corrected chi connectivity index (χ4v) is 2.65. The molecule has 1 aliphatic heterocycles. The summed E-state index contributed by atoms with van der Waals surface area (Å²) in [5.74, 6) is 0.233. The summed E-state index contributed by atoms with van der Waals surface area (Å²) in [4.78, 5) is 24.5. The first kappa shape index (κ1) is 18.8. The van der Waals surface area contributed by atoms with Gasteiger partial charge in [-0.05, 0) is 25.8 Å². The Balaban J connectivity index is 2.35. The Labute approximate surface area is 148 Å². The van der Waals surface area contributed by atoms with Crippen molar-refractivity contribution in [2.45, 2.75) is 46.1 Å². The van der Waals surface area contributed by atoms with Gasteiger partial charge in [0.1, 0.15) is 5.75 Å². The minimum Gasteiger partial charge on any atom is -0.493 e. The highest BCUT2D eigenvalue weighted by molar-refractivity contribution is 5.95. The lowest BCUT2D eigenvalue weighted by atomic mass is 9.95. The summed E-state index contributed by atoms with van der Waals surface area (Å²) in [6, 6.07) is 6.50. The minimum atomic E-state index is -0.601. The van der Waals surface area contributed by atoms with E-state index < -0.39 is 12.0 Å². The van der Waals surface area contributed by atoms with Gasteiger partial charge in [-0.15, -0.1) is 0 Å². The summed E-state index contributed by atoms with van der Waals surface area (Å²) in [5.41, 5.74) is 1.65. The Morgan fingerprint density at radius 1 is 1.16 bits per heavy atom. The number of nitrogens with one attached hydrogen (secondary N) is 2. The average Bonchev–Trinajstić information content (AvgIpc) is 2.59. The van der Waals surface area contributed by atoms with Gasteiger partial charge < -0.3 is 20.1 Å². The van der Waals surface area contributed by atoms with E-state index in [0.717, 1.165) is 24.8 Å². The Kier molecular flexibility index (Phi) is 6.86. The number of hydrogen-bond donors (Lipinski definition) is 2. The normalized spacial score (nSPS) is 16.9. The number of amides is 2. The van der Waals surface area contributed by atoms with Crippen LogP contribution in [-0.4, -0.2) is 25.2 Å². The lowest BCUT2D eigenvalue weighted by molar-refractivity contribution is -0.139. The molecule has 1 unspecified atom stereocenters. The van der Waals surface area contributed by atoms with E-state index in [2.05, 4.69) is 17.6 Å². The molecule has 0 aliphatic carbocycles. The quantitative estimate of drug-likeness (QED) is 0.558. The van der Waals surface area contributed by atoms with Crippen LogP contribution in [-0.2, 0) is 9.53 Å². The molecule has 1 heterocycles. The van der Waals surface area contributed by atoms with Gasteiger partial charge in [0, 0.05) is 11.3 Å². The van der Waals surface area contributed by atoms with Crippen molar-refractivity contribution in [3.8, 4) is 5.75 Å². The third-order valence-electron chi connectivity index (χ3n) is 3.91. The molecule has 6 nitrogen and oxygen atoms in total. The average molecular weight is 346 g/mol. The summed E-state index contributed by atoms with van der Waals surface area (Å²) >= 11 is 0. The lowest BCUT2D eigenvalue weighted by Gasteiger charge is -2.29. The van der Waals surface area contributed by atoms with Crippen LogP contribution in [0.4, 0.5) is 4.79 Å². The molecule has 1 atom stereocenters. The molecular weight excluding hydrogens is 320 g/mol. The molecule has 6 heteroatoms. The number of para-hydroxylation sites is 1. The van der Waals surface area contributed by atoms with Crippen molar-refractivity contribution >= 4 is 12.0 Å². The second-order valence-electron chi connectivity index (χ2n) is 5.95. The van der Waals surface area contributed by atoms with E-state index >= 15 is 0 Å². The van der Waals surface area contributed by atoms with Crippen molar-refractivity contribution in [3.05, 3.63) is 41.1 Å². The van der Waals surface area contributed by atoms with Crippen molar-refractivity contribution in [1.82, 2.24) is 10.6 Å². The van der Waals surface area contributed by atoms with E-state index in [4.69, 9.17) is 9.47 Å². The van der Waals surface area contributed by atoms with Crippen LogP contribution >= 0.6 is 0 Å². The third kappa shape index (κ3) is 4.75. The maximum atomic E-state index is 12.5. The maximum Gasteiger partial charge on any atom is 0.338 e. The zero-order valence-corrected chi connectivity index (χ0v) is 15.1. The van der Waals surface area contributed by atoms with Gasteiger partial charge in [0.25, 0.3) is 0 Å². The van der Waals surface area contributed by atoms with Crippen LogP contribution in [0.1, 0.15) is 51.6 Å². The Morgan fingerprint density at radius 3 is 2.64 bits per heavy atom. The highest BCUT2D eigenvalue weighted by Gasteiger charge is 2.33. The molecule has 0 fully saturated rings. The third-order valence-corrected chi connectivity index (χ3v) is 3.91. The molecule has 0 saturated heterocycles. The molecule has 2 N–H and O–H groups in total. The molecule has 0 aromatic heterocycles.